The van der Waals surface area contributed by atoms with Crippen LogP contribution in [0.2, 0.25) is 0 Å². The van der Waals surface area contributed by atoms with Gasteiger partial charge in [0.05, 0.1) is 11.3 Å². The van der Waals surface area contributed by atoms with Crippen molar-refractivity contribution < 1.29 is 18.3 Å². The van der Waals surface area contributed by atoms with Gasteiger partial charge in [-0.05, 0) is 30.2 Å². The molecule has 6 nitrogen and oxygen atoms in total. The lowest BCUT2D eigenvalue weighted by atomic mass is 10.1. The van der Waals surface area contributed by atoms with Crippen LogP contribution in [0.5, 0.6) is 0 Å². The Labute approximate surface area is 92.5 Å². The number of aromatic carboxylic acids is 1. The highest BCUT2D eigenvalue weighted by Gasteiger charge is 2.27. The van der Waals surface area contributed by atoms with Crippen LogP contribution in [0.4, 0.5) is 5.69 Å². The van der Waals surface area contributed by atoms with Crippen molar-refractivity contribution in [3.05, 3.63) is 29.3 Å². The van der Waals surface area contributed by atoms with Crippen LogP contribution in [-0.4, -0.2) is 26.0 Å². The summed E-state index contributed by atoms with van der Waals surface area (Å²) in [5.41, 5.74) is 1.30. The van der Waals surface area contributed by atoms with Gasteiger partial charge < -0.3 is 5.11 Å². The Morgan fingerprint density at radius 1 is 1.44 bits per heavy atom. The van der Waals surface area contributed by atoms with Crippen LogP contribution in [0.15, 0.2) is 18.2 Å². The molecule has 16 heavy (non-hydrogen) atoms. The van der Waals surface area contributed by atoms with Crippen molar-refractivity contribution in [1.29, 1.82) is 0 Å². The topological polar surface area (TPSA) is 101 Å². The summed E-state index contributed by atoms with van der Waals surface area (Å²) < 4.78 is 23.5. The molecule has 0 aromatic heterocycles. The molecule has 1 aliphatic rings. The molecule has 0 radical (unpaired) electrons. The zero-order valence-corrected chi connectivity index (χ0v) is 9.07. The third kappa shape index (κ3) is 1.74. The first kappa shape index (κ1) is 10.9. The van der Waals surface area contributed by atoms with Gasteiger partial charge in [-0.25, -0.2) is 9.93 Å². The van der Waals surface area contributed by atoms with E-state index in [0.29, 0.717) is 17.7 Å². The van der Waals surface area contributed by atoms with Crippen LogP contribution in [-0.2, 0) is 16.6 Å². The summed E-state index contributed by atoms with van der Waals surface area (Å²) in [6, 6.07) is 4.31. The molecule has 0 saturated carbocycles. The minimum atomic E-state index is -3.76. The minimum absolute atomic E-state index is 0.148. The number of hydrogen-bond acceptors (Lipinski definition) is 3. The number of anilines is 1. The smallest absolute Gasteiger partial charge is 0.335 e. The average Bonchev–Trinajstić information content (AvgIpc) is 2.58. The second-order valence-corrected chi connectivity index (χ2v) is 4.99. The van der Waals surface area contributed by atoms with Crippen LogP contribution >= 0.6 is 0 Å². The number of fused-ring (bicyclic) bond motifs is 1. The van der Waals surface area contributed by atoms with Gasteiger partial charge in [0.1, 0.15) is 0 Å². The van der Waals surface area contributed by atoms with Gasteiger partial charge in [-0.1, -0.05) is 0 Å². The first-order valence-electron chi connectivity index (χ1n) is 4.56. The van der Waals surface area contributed by atoms with Gasteiger partial charge in [-0.3, -0.25) is 4.31 Å². The van der Waals surface area contributed by atoms with Crippen molar-refractivity contribution in [2.45, 2.75) is 6.42 Å². The summed E-state index contributed by atoms with van der Waals surface area (Å²) in [5.74, 6) is -1.03. The Balaban J connectivity index is 2.48. The van der Waals surface area contributed by atoms with Crippen molar-refractivity contribution in [3.8, 4) is 0 Å². The third-order valence-corrected chi connectivity index (χ3v) is 3.48. The van der Waals surface area contributed by atoms with E-state index in [0.717, 1.165) is 4.31 Å². The summed E-state index contributed by atoms with van der Waals surface area (Å²) in [7, 11) is -3.76. The van der Waals surface area contributed by atoms with Gasteiger partial charge in [0, 0.05) is 6.54 Å². The SMILES string of the molecule is NS(=O)(=O)N1CCc2cc(C(=O)O)ccc21. The monoisotopic (exact) mass is 242 g/mol. The number of rotatable bonds is 2. The molecule has 0 saturated heterocycles. The highest BCUT2D eigenvalue weighted by Crippen LogP contribution is 2.29. The molecule has 0 unspecified atom stereocenters. The van der Waals surface area contributed by atoms with Crippen molar-refractivity contribution in [3.63, 3.8) is 0 Å². The van der Waals surface area contributed by atoms with Crippen molar-refractivity contribution in [1.82, 2.24) is 0 Å². The third-order valence-electron chi connectivity index (χ3n) is 2.49. The molecule has 0 spiro atoms. The number of nitrogens with zero attached hydrogens (tertiary/aromatic N) is 1. The number of carbonyl (C=O) groups is 1. The quantitative estimate of drug-likeness (QED) is 0.759. The molecule has 1 aromatic carbocycles. The van der Waals surface area contributed by atoms with Gasteiger partial charge in [0.25, 0.3) is 10.2 Å². The van der Waals surface area contributed by atoms with Gasteiger partial charge >= 0.3 is 5.97 Å². The molecule has 0 aliphatic carbocycles. The molecule has 0 fully saturated rings. The van der Waals surface area contributed by atoms with E-state index >= 15 is 0 Å². The fraction of sp³-hybridized carbons (Fsp3) is 0.222. The maximum absolute atomic E-state index is 11.2. The summed E-state index contributed by atoms with van der Waals surface area (Å²) in [6.45, 7) is 0.261. The predicted octanol–water partition coefficient (Wildman–Crippen LogP) is -0.0492. The van der Waals surface area contributed by atoms with E-state index in [1.807, 2.05) is 0 Å². The summed E-state index contributed by atoms with van der Waals surface area (Å²) in [4.78, 5) is 10.7. The normalized spacial score (nSPS) is 14.9. The Kier molecular flexibility index (Phi) is 2.36. The van der Waals surface area contributed by atoms with E-state index in [9.17, 15) is 13.2 Å². The van der Waals surface area contributed by atoms with Crippen molar-refractivity contribution >= 4 is 21.9 Å². The van der Waals surface area contributed by atoms with Gasteiger partial charge in [0.2, 0.25) is 0 Å². The van der Waals surface area contributed by atoms with Crippen LogP contribution in [0.3, 0.4) is 0 Å². The van der Waals surface area contributed by atoms with E-state index in [2.05, 4.69) is 0 Å². The zero-order chi connectivity index (χ0) is 11.9. The minimum Gasteiger partial charge on any atom is -0.478 e. The number of hydrogen-bond donors (Lipinski definition) is 2. The summed E-state index contributed by atoms with van der Waals surface area (Å²) >= 11 is 0. The zero-order valence-electron chi connectivity index (χ0n) is 8.25. The standard InChI is InChI=1S/C9H10N2O4S/c10-16(14,15)11-4-3-6-5-7(9(12)13)1-2-8(6)11/h1-2,5H,3-4H2,(H,12,13)(H2,10,14,15). The molecular formula is C9H10N2O4S. The fourth-order valence-corrected chi connectivity index (χ4v) is 2.57. The first-order chi connectivity index (χ1) is 7.39. The summed E-state index contributed by atoms with van der Waals surface area (Å²) in [5, 5.41) is 13.8. The molecule has 0 amide bonds. The highest BCUT2D eigenvalue weighted by atomic mass is 32.2. The molecule has 0 atom stereocenters. The van der Waals surface area contributed by atoms with Crippen molar-refractivity contribution in [2.24, 2.45) is 5.14 Å². The lowest BCUT2D eigenvalue weighted by Gasteiger charge is -2.15. The molecule has 86 valence electrons. The summed E-state index contributed by atoms with van der Waals surface area (Å²) in [6.07, 6.45) is 0.479. The van der Waals surface area contributed by atoms with Crippen LogP contribution in [0, 0.1) is 0 Å². The van der Waals surface area contributed by atoms with Crippen molar-refractivity contribution in [2.75, 3.05) is 10.8 Å². The lowest BCUT2D eigenvalue weighted by molar-refractivity contribution is 0.0697. The highest BCUT2D eigenvalue weighted by molar-refractivity contribution is 7.90. The fourth-order valence-electron chi connectivity index (χ4n) is 1.77. The van der Waals surface area contributed by atoms with E-state index in [1.165, 1.54) is 18.2 Å². The molecule has 0 bridgehead atoms. The Morgan fingerprint density at radius 2 is 2.12 bits per heavy atom. The van der Waals surface area contributed by atoms with E-state index in [1.54, 1.807) is 0 Å². The largest absolute Gasteiger partial charge is 0.478 e. The first-order valence-corrected chi connectivity index (χ1v) is 6.06. The second-order valence-electron chi connectivity index (χ2n) is 3.52. The average molecular weight is 242 g/mol. The van der Waals surface area contributed by atoms with E-state index in [4.69, 9.17) is 10.2 Å². The molecule has 2 rings (SSSR count). The van der Waals surface area contributed by atoms with Gasteiger partial charge in [-0.2, -0.15) is 8.42 Å². The molecular weight excluding hydrogens is 232 g/mol. The maximum Gasteiger partial charge on any atom is 0.335 e. The number of carboxylic acids is 1. The predicted molar refractivity (Wildman–Crippen MR) is 57.6 cm³/mol. The van der Waals surface area contributed by atoms with Gasteiger partial charge in [-0.15, -0.1) is 0 Å². The van der Waals surface area contributed by atoms with Crippen LogP contribution < -0.4 is 9.44 Å². The maximum atomic E-state index is 11.2. The second kappa shape index (κ2) is 3.46. The van der Waals surface area contributed by atoms with E-state index in [-0.39, 0.29) is 12.1 Å². The molecule has 1 aromatic rings. The Bertz CT molecular complexity index is 553. The molecule has 1 aliphatic heterocycles. The van der Waals surface area contributed by atoms with Crippen LogP contribution in [0.1, 0.15) is 15.9 Å². The van der Waals surface area contributed by atoms with Gasteiger partial charge in [0.15, 0.2) is 0 Å². The number of carboxylic acid groups (broad SMARTS) is 1. The Hall–Kier alpha value is -1.60. The molecule has 3 N–H and O–H groups in total. The Morgan fingerprint density at radius 3 is 2.69 bits per heavy atom. The number of benzene rings is 1. The lowest BCUT2D eigenvalue weighted by Crippen LogP contribution is -2.35. The molecule has 7 heteroatoms. The number of nitrogens with two attached hydrogens (primary N) is 1. The molecule has 1 heterocycles. The van der Waals surface area contributed by atoms with E-state index < -0.39 is 16.2 Å². The van der Waals surface area contributed by atoms with Crippen LogP contribution in [0.25, 0.3) is 0 Å².